The summed E-state index contributed by atoms with van der Waals surface area (Å²) in [5.74, 6) is -0.110. The van der Waals surface area contributed by atoms with Crippen molar-refractivity contribution in [1.82, 2.24) is 0 Å². The first-order chi connectivity index (χ1) is 12.9. The van der Waals surface area contributed by atoms with Gasteiger partial charge in [-0.15, -0.1) is 0 Å². The van der Waals surface area contributed by atoms with E-state index in [1.165, 1.54) is 24.1 Å². The Bertz CT molecular complexity index is 743. The maximum absolute atomic E-state index is 11.3. The molecule has 3 rings (SSSR count). The zero-order chi connectivity index (χ0) is 19.9. The Kier molecular flexibility index (Phi) is 7.08. The van der Waals surface area contributed by atoms with Gasteiger partial charge in [-0.25, -0.2) is 0 Å². The molecule has 0 saturated heterocycles. The number of carbonyl (C=O) groups is 2. The molecule has 0 aliphatic carbocycles. The van der Waals surface area contributed by atoms with Gasteiger partial charge >= 0.3 is 0 Å². The van der Waals surface area contributed by atoms with Gasteiger partial charge in [0.1, 0.15) is 11.9 Å². The molecule has 1 heterocycles. The Labute approximate surface area is 160 Å². The van der Waals surface area contributed by atoms with Crippen LogP contribution in [0.2, 0.25) is 0 Å². The number of ether oxygens (including phenoxy) is 1. The van der Waals surface area contributed by atoms with E-state index in [1.54, 1.807) is 0 Å². The van der Waals surface area contributed by atoms with E-state index in [2.05, 4.69) is 48.5 Å². The van der Waals surface area contributed by atoms with Gasteiger partial charge in [0.25, 0.3) is 0 Å². The molecular formula is C23H26O4. The van der Waals surface area contributed by atoms with Gasteiger partial charge in [-0.05, 0) is 30.4 Å². The van der Waals surface area contributed by atoms with Gasteiger partial charge in [-0.3, -0.25) is 9.59 Å². The van der Waals surface area contributed by atoms with Crippen molar-refractivity contribution in [2.45, 2.75) is 38.9 Å². The van der Waals surface area contributed by atoms with Crippen molar-refractivity contribution in [3.8, 4) is 11.1 Å². The van der Waals surface area contributed by atoms with E-state index in [4.69, 9.17) is 4.74 Å². The molecule has 4 heteroatoms. The summed E-state index contributed by atoms with van der Waals surface area (Å²) in [6, 6.07) is 20.8. The Morgan fingerprint density at radius 2 is 1.56 bits per heavy atom. The van der Waals surface area contributed by atoms with Crippen molar-refractivity contribution in [2.75, 3.05) is 0 Å². The summed E-state index contributed by atoms with van der Waals surface area (Å²) in [5, 5.41) is 9.58. The second-order valence-corrected chi connectivity index (χ2v) is 7.00. The van der Waals surface area contributed by atoms with Crippen molar-refractivity contribution in [2.24, 2.45) is 5.92 Å². The summed E-state index contributed by atoms with van der Waals surface area (Å²) in [6.45, 7) is 5.23. The van der Waals surface area contributed by atoms with E-state index in [0.29, 0.717) is 18.6 Å². The normalized spacial score (nSPS) is 21.2. The molecule has 0 fully saturated rings. The summed E-state index contributed by atoms with van der Waals surface area (Å²) >= 11 is 0. The first-order valence-corrected chi connectivity index (χ1v) is 9.05. The maximum Gasteiger partial charge on any atom is 0.203 e. The molecule has 2 unspecified atom stereocenters. The van der Waals surface area contributed by atoms with E-state index < -0.39 is 17.5 Å². The Hall–Kier alpha value is -2.72. The van der Waals surface area contributed by atoms with Crippen molar-refractivity contribution >= 4 is 12.1 Å². The van der Waals surface area contributed by atoms with Crippen LogP contribution in [0.3, 0.4) is 0 Å². The van der Waals surface area contributed by atoms with E-state index in [1.807, 2.05) is 26.0 Å². The van der Waals surface area contributed by atoms with Crippen molar-refractivity contribution < 1.29 is 19.4 Å². The van der Waals surface area contributed by atoms with E-state index >= 15 is 0 Å². The van der Waals surface area contributed by atoms with Gasteiger partial charge in [0.05, 0.1) is 0 Å². The Balaban J connectivity index is 0.000000198. The maximum atomic E-state index is 11.3. The first kappa shape index (κ1) is 20.6. The van der Waals surface area contributed by atoms with Crippen molar-refractivity contribution in [1.29, 1.82) is 0 Å². The fourth-order valence-corrected chi connectivity index (χ4v) is 2.83. The standard InChI is InChI=1S/C12H10.C11H16O4/c1-3-7-11(8-4-1)12-9-5-2-6-10-12;1-7(2)4-10-9(14)5-11(6-12,15-10)8(3)13/h1-10H;5-7,10,14H,4H2,1-3H3. The van der Waals surface area contributed by atoms with Crippen LogP contribution in [0, 0.1) is 5.92 Å². The largest absolute Gasteiger partial charge is 0.510 e. The van der Waals surface area contributed by atoms with Gasteiger partial charge in [0.15, 0.2) is 12.1 Å². The summed E-state index contributed by atoms with van der Waals surface area (Å²) < 4.78 is 5.32. The molecule has 0 radical (unpaired) electrons. The second kappa shape index (κ2) is 9.28. The van der Waals surface area contributed by atoms with E-state index in [-0.39, 0.29) is 5.76 Å². The van der Waals surface area contributed by atoms with Gasteiger partial charge in [-0.1, -0.05) is 74.5 Å². The zero-order valence-electron chi connectivity index (χ0n) is 16.0. The number of hydrogen-bond acceptors (Lipinski definition) is 4. The van der Waals surface area contributed by atoms with E-state index in [0.717, 1.165) is 0 Å². The topological polar surface area (TPSA) is 63.6 Å². The van der Waals surface area contributed by atoms with Crippen LogP contribution in [0.4, 0.5) is 0 Å². The highest BCUT2D eigenvalue weighted by Crippen LogP contribution is 2.30. The second-order valence-electron chi connectivity index (χ2n) is 7.00. The molecule has 2 aromatic rings. The SMILES string of the molecule is CC(=O)C1(C=O)C=C(O)C(CC(C)C)O1.c1ccc(-c2ccccc2)cc1. The highest BCUT2D eigenvalue weighted by molar-refractivity contribution is 6.03. The minimum absolute atomic E-state index is 0.0222. The minimum atomic E-state index is -1.57. The number of aldehydes is 1. The molecule has 0 aromatic heterocycles. The zero-order valence-corrected chi connectivity index (χ0v) is 16.0. The first-order valence-electron chi connectivity index (χ1n) is 9.05. The fourth-order valence-electron chi connectivity index (χ4n) is 2.83. The summed E-state index contributed by atoms with van der Waals surface area (Å²) in [6.07, 6.45) is 1.69. The lowest BCUT2D eigenvalue weighted by atomic mass is 10.0. The third kappa shape index (κ3) is 5.38. The minimum Gasteiger partial charge on any atom is -0.510 e. The summed E-state index contributed by atoms with van der Waals surface area (Å²) in [4.78, 5) is 22.1. The smallest absolute Gasteiger partial charge is 0.203 e. The van der Waals surface area contributed by atoms with Gasteiger partial charge < -0.3 is 9.84 Å². The summed E-state index contributed by atoms with van der Waals surface area (Å²) in [5.41, 5.74) is 0.986. The van der Waals surface area contributed by atoms with Crippen LogP contribution in [0.25, 0.3) is 11.1 Å². The lowest BCUT2D eigenvalue weighted by Crippen LogP contribution is -2.39. The summed E-state index contributed by atoms with van der Waals surface area (Å²) in [7, 11) is 0. The predicted octanol–water partition coefficient (Wildman–Crippen LogP) is 4.75. The number of Topliss-reactive ketones (excluding diaryl/α,β-unsaturated/α-hetero) is 1. The number of aliphatic hydroxyl groups is 1. The Morgan fingerprint density at radius 1 is 1.07 bits per heavy atom. The molecule has 142 valence electrons. The molecule has 2 atom stereocenters. The third-order valence-corrected chi connectivity index (χ3v) is 4.32. The fraction of sp³-hybridized carbons (Fsp3) is 0.304. The molecule has 0 spiro atoms. The van der Waals surface area contributed by atoms with Crippen LogP contribution in [0.5, 0.6) is 0 Å². The van der Waals surface area contributed by atoms with Crippen LogP contribution in [0.15, 0.2) is 72.5 Å². The quantitative estimate of drug-likeness (QED) is 0.612. The van der Waals surface area contributed by atoms with Crippen molar-refractivity contribution in [3.63, 3.8) is 0 Å². The van der Waals surface area contributed by atoms with Crippen LogP contribution in [-0.2, 0) is 14.3 Å². The van der Waals surface area contributed by atoms with Crippen LogP contribution in [-0.4, -0.2) is 28.9 Å². The molecule has 0 bridgehead atoms. The average Bonchev–Trinajstić information content (AvgIpc) is 3.00. The molecule has 1 aliphatic rings. The van der Waals surface area contributed by atoms with Crippen LogP contribution < -0.4 is 0 Å². The van der Waals surface area contributed by atoms with Crippen LogP contribution in [0.1, 0.15) is 27.2 Å². The molecule has 1 N–H and O–H groups in total. The number of rotatable bonds is 5. The highest BCUT2D eigenvalue weighted by atomic mass is 16.5. The lowest BCUT2D eigenvalue weighted by Gasteiger charge is -2.20. The molecule has 2 aromatic carbocycles. The monoisotopic (exact) mass is 366 g/mol. The Morgan fingerprint density at radius 3 is 1.89 bits per heavy atom. The molecule has 27 heavy (non-hydrogen) atoms. The van der Waals surface area contributed by atoms with Gasteiger partial charge in [0.2, 0.25) is 5.60 Å². The number of benzene rings is 2. The predicted molar refractivity (Wildman–Crippen MR) is 106 cm³/mol. The average molecular weight is 366 g/mol. The lowest BCUT2D eigenvalue weighted by molar-refractivity contribution is -0.145. The molecule has 0 saturated carbocycles. The van der Waals surface area contributed by atoms with E-state index in [9.17, 15) is 14.7 Å². The van der Waals surface area contributed by atoms with Crippen LogP contribution >= 0.6 is 0 Å². The molecule has 1 aliphatic heterocycles. The van der Waals surface area contributed by atoms with Gasteiger partial charge in [0, 0.05) is 6.08 Å². The molecular weight excluding hydrogens is 340 g/mol. The molecule has 0 amide bonds. The number of aliphatic hydroxyl groups excluding tert-OH is 1. The third-order valence-electron chi connectivity index (χ3n) is 4.32. The van der Waals surface area contributed by atoms with Crippen molar-refractivity contribution in [3.05, 3.63) is 72.5 Å². The van der Waals surface area contributed by atoms with Gasteiger partial charge in [-0.2, -0.15) is 0 Å². The highest BCUT2D eigenvalue weighted by Gasteiger charge is 2.44. The number of carbonyl (C=O) groups excluding carboxylic acids is 2. The molecule has 4 nitrogen and oxygen atoms in total. The number of hydrogen-bond donors (Lipinski definition) is 1. The number of ketones is 1.